The van der Waals surface area contributed by atoms with Gasteiger partial charge in [0.15, 0.2) is 5.83 Å². The number of urea groups is 1. The highest BCUT2D eigenvalue weighted by Gasteiger charge is 2.38. The molecule has 148 valence electrons. The molecule has 0 aliphatic carbocycles. The van der Waals surface area contributed by atoms with E-state index >= 15 is 0 Å². The van der Waals surface area contributed by atoms with Gasteiger partial charge in [-0.25, -0.2) is 9.18 Å². The van der Waals surface area contributed by atoms with Crippen molar-refractivity contribution in [2.24, 2.45) is 0 Å². The first kappa shape index (κ1) is 21.4. The van der Waals surface area contributed by atoms with Crippen LogP contribution in [0.2, 0.25) is 5.02 Å². The highest BCUT2D eigenvalue weighted by atomic mass is 35.5. The maximum absolute atomic E-state index is 13.9. The van der Waals surface area contributed by atoms with Gasteiger partial charge in [0.1, 0.15) is 0 Å². The number of allylic oxidation sites excluding steroid dienone is 1. The first-order chi connectivity index (χ1) is 13.0. The van der Waals surface area contributed by atoms with Gasteiger partial charge in [-0.05, 0) is 30.7 Å². The highest BCUT2D eigenvalue weighted by molar-refractivity contribution is 6.34. The Bertz CT molecular complexity index is 957. The SMILES string of the molecule is Cc1c(NC(=O)NC(=O)c2ccccc2Cl)cccc1/C(F)=C(\F)C(F)(F)F. The standard InChI is InChI=1S/C18H12ClF5N2O2/c1-9-10(14(20)15(21)18(22,23)24)6-4-8-13(9)25-17(28)26-16(27)11-5-2-3-7-12(11)19/h2-8H,1H3,(H2,25,26,27,28)/b15-14+. The molecule has 0 radical (unpaired) electrons. The van der Waals surface area contributed by atoms with Crippen LogP contribution in [0, 0.1) is 6.92 Å². The zero-order valence-electron chi connectivity index (χ0n) is 14.1. The van der Waals surface area contributed by atoms with E-state index in [9.17, 15) is 31.5 Å². The topological polar surface area (TPSA) is 58.2 Å². The molecule has 10 heteroatoms. The fourth-order valence-corrected chi connectivity index (χ4v) is 2.44. The lowest BCUT2D eigenvalue weighted by Gasteiger charge is -2.13. The van der Waals surface area contributed by atoms with Crippen LogP contribution in [0.3, 0.4) is 0 Å². The molecule has 0 bridgehead atoms. The van der Waals surface area contributed by atoms with Gasteiger partial charge in [0, 0.05) is 11.3 Å². The van der Waals surface area contributed by atoms with E-state index in [1.807, 2.05) is 5.32 Å². The molecule has 0 unspecified atom stereocenters. The molecule has 2 aromatic rings. The minimum atomic E-state index is -5.49. The summed E-state index contributed by atoms with van der Waals surface area (Å²) in [6.45, 7) is 1.18. The second-order valence-electron chi connectivity index (χ2n) is 5.49. The number of carbonyl (C=O) groups excluding carboxylic acids is 2. The van der Waals surface area contributed by atoms with Gasteiger partial charge in [-0.15, -0.1) is 0 Å². The van der Waals surface area contributed by atoms with Crippen molar-refractivity contribution >= 4 is 35.1 Å². The van der Waals surface area contributed by atoms with Gasteiger partial charge in [0.05, 0.1) is 10.6 Å². The number of alkyl halides is 3. The molecule has 0 aromatic heterocycles. The number of amides is 3. The van der Waals surface area contributed by atoms with Crippen molar-refractivity contribution in [3.8, 4) is 0 Å². The number of hydrogen-bond acceptors (Lipinski definition) is 2. The second kappa shape index (κ2) is 8.39. The van der Waals surface area contributed by atoms with Gasteiger partial charge >= 0.3 is 12.2 Å². The Balaban J connectivity index is 2.23. The van der Waals surface area contributed by atoms with E-state index in [1.165, 1.54) is 31.2 Å². The second-order valence-corrected chi connectivity index (χ2v) is 5.90. The van der Waals surface area contributed by atoms with Gasteiger partial charge in [0.25, 0.3) is 5.91 Å². The average Bonchev–Trinajstić information content (AvgIpc) is 2.61. The molecule has 0 saturated heterocycles. The van der Waals surface area contributed by atoms with Crippen molar-refractivity contribution in [1.82, 2.24) is 5.32 Å². The molecule has 3 amide bonds. The number of rotatable bonds is 3. The third-order valence-corrected chi connectivity index (χ3v) is 3.94. The van der Waals surface area contributed by atoms with Crippen LogP contribution in [-0.4, -0.2) is 18.1 Å². The molecule has 2 N–H and O–H groups in total. The van der Waals surface area contributed by atoms with Crippen LogP contribution in [-0.2, 0) is 0 Å². The number of nitrogens with one attached hydrogen (secondary N) is 2. The Hall–Kier alpha value is -2.94. The van der Waals surface area contributed by atoms with Crippen LogP contribution in [0.1, 0.15) is 21.5 Å². The molecule has 0 saturated carbocycles. The van der Waals surface area contributed by atoms with Crippen LogP contribution in [0.25, 0.3) is 5.83 Å². The van der Waals surface area contributed by atoms with Crippen LogP contribution < -0.4 is 10.6 Å². The third-order valence-electron chi connectivity index (χ3n) is 3.61. The van der Waals surface area contributed by atoms with Gasteiger partial charge < -0.3 is 5.32 Å². The average molecular weight is 419 g/mol. The lowest BCUT2D eigenvalue weighted by atomic mass is 10.0. The zero-order valence-corrected chi connectivity index (χ0v) is 14.9. The molecule has 4 nitrogen and oxygen atoms in total. The quantitative estimate of drug-likeness (QED) is 0.621. The van der Waals surface area contributed by atoms with Crippen molar-refractivity contribution in [2.75, 3.05) is 5.32 Å². The first-order valence-corrected chi connectivity index (χ1v) is 7.99. The summed E-state index contributed by atoms with van der Waals surface area (Å²) in [5.41, 5.74) is -0.956. The molecule has 0 spiro atoms. The van der Waals surface area contributed by atoms with Gasteiger partial charge in [0.2, 0.25) is 5.83 Å². The molecule has 2 aromatic carbocycles. The van der Waals surface area contributed by atoms with E-state index in [0.29, 0.717) is 0 Å². The molecule has 0 atom stereocenters. The maximum atomic E-state index is 13.9. The van der Waals surface area contributed by atoms with Crippen molar-refractivity contribution in [1.29, 1.82) is 0 Å². The predicted octanol–water partition coefficient (Wildman–Crippen LogP) is 5.78. The van der Waals surface area contributed by atoms with E-state index in [-0.39, 0.29) is 21.8 Å². The Morgan fingerprint density at radius 3 is 2.18 bits per heavy atom. The lowest BCUT2D eigenvalue weighted by molar-refractivity contribution is -0.108. The summed E-state index contributed by atoms with van der Waals surface area (Å²) in [5.74, 6) is -5.82. The molecule has 0 heterocycles. The number of hydrogen-bond donors (Lipinski definition) is 2. The Morgan fingerprint density at radius 2 is 1.57 bits per heavy atom. The van der Waals surface area contributed by atoms with Crippen molar-refractivity contribution in [3.05, 3.63) is 70.0 Å². The molecule has 0 aliphatic heterocycles. The number of carbonyl (C=O) groups is 2. The van der Waals surface area contributed by atoms with Crippen LogP contribution in [0.15, 0.2) is 48.3 Å². The van der Waals surface area contributed by atoms with E-state index in [2.05, 4.69) is 5.32 Å². The van der Waals surface area contributed by atoms with Gasteiger partial charge in [-0.3, -0.25) is 10.1 Å². The monoisotopic (exact) mass is 418 g/mol. The molecule has 28 heavy (non-hydrogen) atoms. The van der Waals surface area contributed by atoms with E-state index < -0.39 is 35.3 Å². The number of benzene rings is 2. The minimum absolute atomic E-state index is 0.0195. The van der Waals surface area contributed by atoms with Crippen LogP contribution in [0.4, 0.5) is 32.4 Å². The fourth-order valence-electron chi connectivity index (χ4n) is 2.22. The maximum Gasteiger partial charge on any atom is 0.445 e. The number of imide groups is 1. The smallest absolute Gasteiger partial charge is 0.307 e. The summed E-state index contributed by atoms with van der Waals surface area (Å²) >= 11 is 5.84. The van der Waals surface area contributed by atoms with Crippen LogP contribution >= 0.6 is 11.6 Å². The Labute approximate surface area is 161 Å². The molecular formula is C18H12ClF5N2O2. The summed E-state index contributed by atoms with van der Waals surface area (Å²) in [5, 5.41) is 4.27. The highest BCUT2D eigenvalue weighted by Crippen LogP contribution is 2.36. The molecule has 0 aliphatic rings. The predicted molar refractivity (Wildman–Crippen MR) is 94.3 cm³/mol. The van der Waals surface area contributed by atoms with E-state index in [4.69, 9.17) is 11.6 Å². The molecular weight excluding hydrogens is 407 g/mol. The van der Waals surface area contributed by atoms with Crippen LogP contribution in [0.5, 0.6) is 0 Å². The lowest BCUT2D eigenvalue weighted by Crippen LogP contribution is -2.34. The Kier molecular flexibility index (Phi) is 6.40. The first-order valence-electron chi connectivity index (χ1n) is 7.61. The van der Waals surface area contributed by atoms with Crippen molar-refractivity contribution in [2.45, 2.75) is 13.1 Å². The fraction of sp³-hybridized carbons (Fsp3) is 0.111. The largest absolute Gasteiger partial charge is 0.445 e. The Morgan fingerprint density at radius 1 is 0.964 bits per heavy atom. The molecule has 0 fully saturated rings. The number of halogens is 6. The van der Waals surface area contributed by atoms with Crippen molar-refractivity contribution in [3.63, 3.8) is 0 Å². The van der Waals surface area contributed by atoms with E-state index in [0.717, 1.165) is 12.1 Å². The van der Waals surface area contributed by atoms with E-state index in [1.54, 1.807) is 6.07 Å². The van der Waals surface area contributed by atoms with Gasteiger partial charge in [-0.1, -0.05) is 35.9 Å². The summed E-state index contributed by atoms with van der Waals surface area (Å²) in [7, 11) is 0. The summed E-state index contributed by atoms with van der Waals surface area (Å²) in [6, 6.07) is 8.17. The van der Waals surface area contributed by atoms with Gasteiger partial charge in [-0.2, -0.15) is 17.6 Å². The normalized spacial score (nSPS) is 12.2. The van der Waals surface area contributed by atoms with Crippen molar-refractivity contribution < 1.29 is 31.5 Å². The zero-order chi connectivity index (χ0) is 21.1. The molecule has 2 rings (SSSR count). The third kappa shape index (κ3) is 4.86. The summed E-state index contributed by atoms with van der Waals surface area (Å²) in [6.07, 6.45) is -5.49. The summed E-state index contributed by atoms with van der Waals surface area (Å²) < 4.78 is 64.1. The minimum Gasteiger partial charge on any atom is -0.307 e. The summed E-state index contributed by atoms with van der Waals surface area (Å²) in [4.78, 5) is 24.0. The number of anilines is 1.